The van der Waals surface area contributed by atoms with Crippen molar-refractivity contribution in [3.63, 3.8) is 0 Å². The van der Waals surface area contributed by atoms with Gasteiger partial charge in [-0.3, -0.25) is 9.59 Å². The number of hydrogen-bond donors (Lipinski definition) is 1. The molecular formula is C25H22N2O3. The molecule has 1 aromatic heterocycles. The predicted molar refractivity (Wildman–Crippen MR) is 118 cm³/mol. The van der Waals surface area contributed by atoms with Gasteiger partial charge in [0.25, 0.3) is 11.5 Å². The average molecular weight is 398 g/mol. The Balaban J connectivity index is 1.46. The van der Waals surface area contributed by atoms with Crippen LogP contribution >= 0.6 is 0 Å². The number of rotatable bonds is 6. The van der Waals surface area contributed by atoms with Gasteiger partial charge in [-0.05, 0) is 29.3 Å². The molecule has 5 heteroatoms. The van der Waals surface area contributed by atoms with Crippen LogP contribution in [0.3, 0.4) is 0 Å². The molecule has 5 nitrogen and oxygen atoms in total. The quantitative estimate of drug-likeness (QED) is 0.533. The minimum Gasteiger partial charge on any atom is -0.489 e. The highest BCUT2D eigenvalue weighted by Crippen LogP contribution is 2.18. The summed E-state index contributed by atoms with van der Waals surface area (Å²) in [5.74, 6) is 0.462. The molecule has 1 amide bonds. The smallest absolute Gasteiger partial charge is 0.252 e. The largest absolute Gasteiger partial charge is 0.489 e. The van der Waals surface area contributed by atoms with Gasteiger partial charge in [0.1, 0.15) is 12.4 Å². The highest BCUT2D eigenvalue weighted by Gasteiger charge is 2.13. The summed E-state index contributed by atoms with van der Waals surface area (Å²) in [6, 6.07) is 26.4. The Bertz CT molecular complexity index is 1250. The molecule has 0 aliphatic carbocycles. The van der Waals surface area contributed by atoms with Crippen molar-refractivity contribution in [3.05, 3.63) is 112 Å². The second kappa shape index (κ2) is 8.66. The number of carbonyl (C=O) groups excluding carboxylic acids is 1. The first-order valence-corrected chi connectivity index (χ1v) is 9.74. The minimum absolute atomic E-state index is 0.213. The van der Waals surface area contributed by atoms with E-state index in [9.17, 15) is 9.59 Å². The highest BCUT2D eigenvalue weighted by atomic mass is 16.5. The molecule has 3 aromatic carbocycles. The number of benzene rings is 3. The number of pyridine rings is 1. The molecule has 150 valence electrons. The molecule has 0 aliphatic heterocycles. The van der Waals surface area contributed by atoms with Gasteiger partial charge in [0.15, 0.2) is 0 Å². The lowest BCUT2D eigenvalue weighted by Crippen LogP contribution is -2.26. The summed E-state index contributed by atoms with van der Waals surface area (Å²) >= 11 is 0. The average Bonchev–Trinajstić information content (AvgIpc) is 2.79. The summed E-state index contributed by atoms with van der Waals surface area (Å²) in [7, 11) is 1.70. The minimum atomic E-state index is -0.278. The maximum atomic E-state index is 12.8. The monoisotopic (exact) mass is 398 g/mol. The van der Waals surface area contributed by atoms with E-state index in [2.05, 4.69) is 5.32 Å². The number of carbonyl (C=O) groups is 1. The van der Waals surface area contributed by atoms with Gasteiger partial charge in [0.05, 0.1) is 11.1 Å². The molecular weight excluding hydrogens is 376 g/mol. The van der Waals surface area contributed by atoms with Gasteiger partial charge in [-0.25, -0.2) is 0 Å². The molecule has 0 fully saturated rings. The number of aromatic nitrogens is 1. The van der Waals surface area contributed by atoms with Crippen molar-refractivity contribution < 1.29 is 9.53 Å². The Morgan fingerprint density at radius 1 is 0.900 bits per heavy atom. The molecule has 1 N–H and O–H groups in total. The summed E-state index contributed by atoms with van der Waals surface area (Å²) < 4.78 is 7.40. The molecule has 0 radical (unpaired) electrons. The Morgan fingerprint density at radius 2 is 1.63 bits per heavy atom. The molecule has 1 heterocycles. The Morgan fingerprint density at radius 3 is 2.47 bits per heavy atom. The van der Waals surface area contributed by atoms with Crippen LogP contribution < -0.4 is 15.6 Å². The maximum absolute atomic E-state index is 12.8. The van der Waals surface area contributed by atoms with Crippen LogP contribution in [-0.4, -0.2) is 10.5 Å². The van der Waals surface area contributed by atoms with Crippen LogP contribution in [0.1, 0.15) is 21.5 Å². The van der Waals surface area contributed by atoms with Crippen LogP contribution in [0.25, 0.3) is 10.9 Å². The van der Waals surface area contributed by atoms with Crippen LogP contribution in [0.4, 0.5) is 0 Å². The zero-order valence-corrected chi connectivity index (χ0v) is 16.7. The lowest BCUT2D eigenvalue weighted by molar-refractivity contribution is 0.0952. The molecule has 0 saturated carbocycles. The van der Waals surface area contributed by atoms with E-state index < -0.39 is 0 Å². The van der Waals surface area contributed by atoms with Gasteiger partial charge in [0.2, 0.25) is 0 Å². The van der Waals surface area contributed by atoms with Crippen molar-refractivity contribution in [2.24, 2.45) is 7.05 Å². The number of nitrogens with one attached hydrogen (secondary N) is 1. The van der Waals surface area contributed by atoms with E-state index in [0.717, 1.165) is 27.8 Å². The number of nitrogens with zero attached hydrogens (tertiary/aromatic N) is 1. The molecule has 4 rings (SSSR count). The van der Waals surface area contributed by atoms with Crippen LogP contribution in [0.5, 0.6) is 5.75 Å². The van der Waals surface area contributed by atoms with E-state index in [1.165, 1.54) is 6.07 Å². The molecule has 30 heavy (non-hydrogen) atoms. The lowest BCUT2D eigenvalue weighted by Gasteiger charge is -2.11. The number of para-hydroxylation sites is 1. The number of aryl methyl sites for hydroxylation is 1. The summed E-state index contributed by atoms with van der Waals surface area (Å²) in [5.41, 5.74) is 2.91. The fraction of sp³-hybridized carbons (Fsp3) is 0.120. The van der Waals surface area contributed by atoms with Crippen LogP contribution in [0.2, 0.25) is 0 Å². The summed E-state index contributed by atoms with van der Waals surface area (Å²) in [6.07, 6.45) is 0. The molecule has 0 atom stereocenters. The van der Waals surface area contributed by atoms with E-state index in [1.807, 2.05) is 78.9 Å². The van der Waals surface area contributed by atoms with E-state index in [1.54, 1.807) is 11.6 Å². The predicted octanol–water partition coefficient (Wildman–Crippen LogP) is 4.05. The fourth-order valence-electron chi connectivity index (χ4n) is 3.36. The summed E-state index contributed by atoms with van der Waals surface area (Å²) in [5, 5.41) is 3.66. The van der Waals surface area contributed by atoms with Gasteiger partial charge in [-0.1, -0.05) is 60.7 Å². The Labute approximate surface area is 174 Å². The molecule has 0 spiro atoms. The van der Waals surface area contributed by atoms with Crippen molar-refractivity contribution >= 4 is 16.8 Å². The zero-order chi connectivity index (χ0) is 20.9. The van der Waals surface area contributed by atoms with Gasteiger partial charge in [0, 0.05) is 25.0 Å². The van der Waals surface area contributed by atoms with Gasteiger partial charge in [-0.15, -0.1) is 0 Å². The molecule has 0 unspecified atom stereocenters. The molecule has 4 aromatic rings. The molecule has 0 bridgehead atoms. The van der Waals surface area contributed by atoms with Crippen LogP contribution in [0, 0.1) is 0 Å². The van der Waals surface area contributed by atoms with E-state index >= 15 is 0 Å². The maximum Gasteiger partial charge on any atom is 0.252 e. The SMILES string of the molecule is Cn1c(=O)cc(C(=O)NCc2cccc(OCc3ccccc3)c2)c2ccccc21. The van der Waals surface area contributed by atoms with Crippen LogP contribution in [-0.2, 0) is 20.2 Å². The number of hydrogen-bond acceptors (Lipinski definition) is 3. The second-order valence-electron chi connectivity index (χ2n) is 7.08. The third kappa shape index (κ3) is 4.25. The fourth-order valence-corrected chi connectivity index (χ4v) is 3.36. The normalized spacial score (nSPS) is 10.7. The molecule has 0 aliphatic rings. The van der Waals surface area contributed by atoms with Crippen molar-refractivity contribution in [1.82, 2.24) is 9.88 Å². The zero-order valence-electron chi connectivity index (χ0n) is 16.7. The van der Waals surface area contributed by atoms with Gasteiger partial charge in [-0.2, -0.15) is 0 Å². The van der Waals surface area contributed by atoms with E-state index in [-0.39, 0.29) is 11.5 Å². The Hall–Kier alpha value is -3.86. The lowest BCUT2D eigenvalue weighted by atomic mass is 10.1. The first-order chi connectivity index (χ1) is 14.6. The third-order valence-corrected chi connectivity index (χ3v) is 5.00. The first-order valence-electron chi connectivity index (χ1n) is 9.74. The summed E-state index contributed by atoms with van der Waals surface area (Å²) in [4.78, 5) is 25.0. The number of ether oxygens (including phenoxy) is 1. The van der Waals surface area contributed by atoms with Crippen molar-refractivity contribution in [2.75, 3.05) is 0 Å². The van der Waals surface area contributed by atoms with E-state index in [0.29, 0.717) is 18.7 Å². The third-order valence-electron chi connectivity index (χ3n) is 5.00. The standard InChI is InChI=1S/C25H22N2O3/c1-27-23-13-6-5-12-21(23)22(15-24(27)28)25(29)26-16-19-10-7-11-20(14-19)30-17-18-8-3-2-4-9-18/h2-15H,16-17H2,1H3,(H,26,29). The summed E-state index contributed by atoms with van der Waals surface area (Å²) in [6.45, 7) is 0.820. The first kappa shape index (κ1) is 19.5. The number of amides is 1. The van der Waals surface area contributed by atoms with Crippen molar-refractivity contribution in [2.45, 2.75) is 13.2 Å². The van der Waals surface area contributed by atoms with Crippen LogP contribution in [0.15, 0.2) is 89.7 Å². The second-order valence-corrected chi connectivity index (χ2v) is 7.08. The van der Waals surface area contributed by atoms with Crippen molar-refractivity contribution in [3.8, 4) is 5.75 Å². The van der Waals surface area contributed by atoms with Gasteiger partial charge >= 0.3 is 0 Å². The topological polar surface area (TPSA) is 60.3 Å². The Kier molecular flexibility index (Phi) is 5.61. The van der Waals surface area contributed by atoms with E-state index in [4.69, 9.17) is 4.74 Å². The van der Waals surface area contributed by atoms with Crippen molar-refractivity contribution in [1.29, 1.82) is 0 Å². The molecule has 0 saturated heterocycles. The van der Waals surface area contributed by atoms with Gasteiger partial charge < -0.3 is 14.6 Å². The number of fused-ring (bicyclic) bond motifs is 1. The highest BCUT2D eigenvalue weighted by molar-refractivity contribution is 6.06.